The van der Waals surface area contributed by atoms with Crippen LogP contribution in [-0.2, 0) is 12.8 Å². The summed E-state index contributed by atoms with van der Waals surface area (Å²) in [4.78, 5) is 14.7. The van der Waals surface area contributed by atoms with Crippen LogP contribution in [0.4, 0.5) is 0 Å². The zero-order valence-corrected chi connectivity index (χ0v) is 10.0. The van der Waals surface area contributed by atoms with Gasteiger partial charge >= 0.3 is 0 Å². The lowest BCUT2D eigenvalue weighted by molar-refractivity contribution is 1.11. The Morgan fingerprint density at radius 1 is 1.41 bits per heavy atom. The fourth-order valence-corrected chi connectivity index (χ4v) is 2.06. The molecule has 1 aromatic heterocycles. The summed E-state index contributed by atoms with van der Waals surface area (Å²) in [6.45, 7) is 3.98. The monoisotopic (exact) mass is 226 g/mol. The summed E-state index contributed by atoms with van der Waals surface area (Å²) < 4.78 is 0. The summed E-state index contributed by atoms with van der Waals surface area (Å²) >= 11 is 0. The summed E-state index contributed by atoms with van der Waals surface area (Å²) in [5.41, 5.74) is 3.39. The van der Waals surface area contributed by atoms with Crippen molar-refractivity contribution in [1.29, 1.82) is 5.26 Å². The van der Waals surface area contributed by atoms with Crippen molar-refractivity contribution < 1.29 is 0 Å². The van der Waals surface area contributed by atoms with E-state index in [1.165, 1.54) is 5.56 Å². The number of nitriles is 1. The normalized spacial score (nSPS) is 10.4. The number of nitrogens with zero attached hydrogens (tertiary/aromatic N) is 1. The largest absolute Gasteiger partial charge is 0.322 e. The number of nitrogens with one attached hydrogen (secondary N) is 1. The number of hydrogen-bond acceptors (Lipinski definition) is 2. The van der Waals surface area contributed by atoms with Crippen LogP contribution in [0.25, 0.3) is 10.9 Å². The van der Waals surface area contributed by atoms with Gasteiger partial charge < -0.3 is 4.98 Å². The number of rotatable bonds is 2. The van der Waals surface area contributed by atoms with Gasteiger partial charge in [-0.05, 0) is 30.5 Å². The van der Waals surface area contributed by atoms with E-state index in [-0.39, 0.29) is 12.0 Å². The molecule has 0 fully saturated rings. The Morgan fingerprint density at radius 2 is 2.18 bits per heavy atom. The molecule has 1 N–H and O–H groups in total. The fourth-order valence-electron chi connectivity index (χ4n) is 2.06. The van der Waals surface area contributed by atoms with E-state index in [2.05, 4.69) is 18.0 Å². The fraction of sp³-hybridized carbons (Fsp3) is 0.286. The van der Waals surface area contributed by atoms with Gasteiger partial charge in [0, 0.05) is 16.5 Å². The molecule has 0 saturated carbocycles. The molecule has 1 aromatic carbocycles. The van der Waals surface area contributed by atoms with Gasteiger partial charge in [0.05, 0.1) is 12.5 Å². The van der Waals surface area contributed by atoms with E-state index in [1.54, 1.807) is 0 Å². The average Bonchev–Trinajstić information content (AvgIpc) is 2.33. The van der Waals surface area contributed by atoms with Crippen LogP contribution in [0, 0.1) is 18.3 Å². The minimum Gasteiger partial charge on any atom is -0.322 e. The first-order valence-electron chi connectivity index (χ1n) is 5.68. The van der Waals surface area contributed by atoms with Gasteiger partial charge in [-0.25, -0.2) is 0 Å². The number of aromatic nitrogens is 1. The first-order valence-corrected chi connectivity index (χ1v) is 5.68. The molecule has 1 heterocycles. The van der Waals surface area contributed by atoms with E-state index < -0.39 is 0 Å². The average molecular weight is 226 g/mol. The van der Waals surface area contributed by atoms with E-state index in [0.29, 0.717) is 5.56 Å². The maximum atomic E-state index is 11.8. The molecule has 2 aromatic rings. The van der Waals surface area contributed by atoms with Crippen LogP contribution in [-0.4, -0.2) is 4.98 Å². The van der Waals surface area contributed by atoms with Gasteiger partial charge in [0.15, 0.2) is 0 Å². The van der Waals surface area contributed by atoms with Crippen molar-refractivity contribution in [2.75, 3.05) is 0 Å². The second-order valence-corrected chi connectivity index (χ2v) is 4.13. The van der Waals surface area contributed by atoms with Gasteiger partial charge in [-0.15, -0.1) is 0 Å². The molecule has 86 valence electrons. The van der Waals surface area contributed by atoms with Crippen LogP contribution >= 0.6 is 0 Å². The van der Waals surface area contributed by atoms with Gasteiger partial charge in [0.25, 0.3) is 5.56 Å². The molecule has 0 unspecified atom stereocenters. The molecular formula is C14H14N2O. The lowest BCUT2D eigenvalue weighted by Gasteiger charge is -2.07. The molecule has 0 bridgehead atoms. The summed E-state index contributed by atoms with van der Waals surface area (Å²) in [5.74, 6) is 0. The smallest absolute Gasteiger partial charge is 0.252 e. The lowest BCUT2D eigenvalue weighted by Crippen LogP contribution is -2.14. The minimum absolute atomic E-state index is 0.148. The molecule has 0 amide bonds. The lowest BCUT2D eigenvalue weighted by atomic mass is 10.0. The molecule has 0 radical (unpaired) electrons. The van der Waals surface area contributed by atoms with Gasteiger partial charge in [0.1, 0.15) is 0 Å². The van der Waals surface area contributed by atoms with Gasteiger partial charge in [-0.1, -0.05) is 19.1 Å². The predicted octanol–water partition coefficient (Wildman–Crippen LogP) is 2.46. The summed E-state index contributed by atoms with van der Waals surface area (Å²) in [6.07, 6.45) is 1.10. The zero-order chi connectivity index (χ0) is 12.4. The van der Waals surface area contributed by atoms with E-state index in [0.717, 1.165) is 22.9 Å². The maximum Gasteiger partial charge on any atom is 0.252 e. The molecule has 17 heavy (non-hydrogen) atoms. The van der Waals surface area contributed by atoms with E-state index in [4.69, 9.17) is 5.26 Å². The molecule has 3 nitrogen and oxygen atoms in total. The molecule has 0 aliphatic rings. The molecule has 0 aliphatic heterocycles. The number of benzene rings is 1. The van der Waals surface area contributed by atoms with E-state index in [9.17, 15) is 4.79 Å². The van der Waals surface area contributed by atoms with Crippen molar-refractivity contribution in [1.82, 2.24) is 4.98 Å². The summed E-state index contributed by atoms with van der Waals surface area (Å²) in [6, 6.07) is 8.11. The number of pyridine rings is 1. The first-order chi connectivity index (χ1) is 8.17. The van der Waals surface area contributed by atoms with Crippen LogP contribution in [0.1, 0.15) is 23.6 Å². The second-order valence-electron chi connectivity index (χ2n) is 4.13. The second kappa shape index (κ2) is 4.42. The van der Waals surface area contributed by atoms with Crippen LogP contribution in [0.15, 0.2) is 23.0 Å². The maximum absolute atomic E-state index is 11.8. The van der Waals surface area contributed by atoms with Crippen molar-refractivity contribution in [2.24, 2.45) is 0 Å². The Balaban J connectivity index is 2.77. The van der Waals surface area contributed by atoms with E-state index in [1.807, 2.05) is 25.1 Å². The minimum atomic E-state index is -0.148. The number of fused-ring (bicyclic) bond motifs is 1. The Labute approximate surface area is 99.7 Å². The third kappa shape index (κ3) is 1.94. The van der Waals surface area contributed by atoms with Crippen molar-refractivity contribution in [2.45, 2.75) is 26.7 Å². The molecule has 0 atom stereocenters. The molecule has 2 rings (SSSR count). The predicted molar refractivity (Wildman–Crippen MR) is 68.0 cm³/mol. The van der Waals surface area contributed by atoms with Crippen LogP contribution in [0.2, 0.25) is 0 Å². The quantitative estimate of drug-likeness (QED) is 0.855. The number of hydrogen-bond donors (Lipinski definition) is 1. The highest BCUT2D eigenvalue weighted by Gasteiger charge is 2.08. The standard InChI is InChI=1S/C14H14N2O/c1-3-10-4-5-11-9(2)12(6-7-15)14(17)16-13(11)8-10/h4-5,8H,3,6H2,1-2H3,(H,16,17). The van der Waals surface area contributed by atoms with E-state index >= 15 is 0 Å². The third-order valence-corrected chi connectivity index (χ3v) is 3.13. The van der Waals surface area contributed by atoms with Crippen LogP contribution < -0.4 is 5.56 Å². The number of aromatic amines is 1. The first kappa shape index (κ1) is 11.4. The van der Waals surface area contributed by atoms with Crippen molar-refractivity contribution >= 4 is 10.9 Å². The van der Waals surface area contributed by atoms with Crippen LogP contribution in [0.5, 0.6) is 0 Å². The highest BCUT2D eigenvalue weighted by molar-refractivity contribution is 5.83. The van der Waals surface area contributed by atoms with Crippen LogP contribution in [0.3, 0.4) is 0 Å². The van der Waals surface area contributed by atoms with Gasteiger partial charge in [-0.2, -0.15) is 5.26 Å². The Bertz CT molecular complexity index is 662. The Hall–Kier alpha value is -2.08. The SMILES string of the molecule is CCc1ccc2c(C)c(CC#N)c(=O)[nH]c2c1. The van der Waals surface area contributed by atoms with Gasteiger partial charge in [-0.3, -0.25) is 4.79 Å². The number of aryl methyl sites for hydroxylation is 2. The zero-order valence-electron chi connectivity index (χ0n) is 10.0. The Kier molecular flexibility index (Phi) is 2.97. The molecule has 0 spiro atoms. The molecular weight excluding hydrogens is 212 g/mol. The van der Waals surface area contributed by atoms with Crippen molar-refractivity contribution in [3.8, 4) is 6.07 Å². The van der Waals surface area contributed by atoms with Crippen molar-refractivity contribution in [3.05, 3.63) is 45.2 Å². The van der Waals surface area contributed by atoms with Gasteiger partial charge in [0.2, 0.25) is 0 Å². The molecule has 3 heteroatoms. The highest BCUT2D eigenvalue weighted by Crippen LogP contribution is 2.19. The molecule has 0 aliphatic carbocycles. The Morgan fingerprint density at radius 3 is 2.82 bits per heavy atom. The number of H-pyrrole nitrogens is 1. The summed E-state index contributed by atoms with van der Waals surface area (Å²) in [7, 11) is 0. The molecule has 0 saturated heterocycles. The summed E-state index contributed by atoms with van der Waals surface area (Å²) in [5, 5.41) is 9.74. The van der Waals surface area contributed by atoms with Crippen molar-refractivity contribution in [3.63, 3.8) is 0 Å². The topological polar surface area (TPSA) is 56.6 Å². The third-order valence-electron chi connectivity index (χ3n) is 3.13. The highest BCUT2D eigenvalue weighted by atomic mass is 16.1.